The van der Waals surface area contributed by atoms with Gasteiger partial charge in [0.1, 0.15) is 17.3 Å². The van der Waals surface area contributed by atoms with E-state index in [4.69, 9.17) is 0 Å². The molecule has 7 nitrogen and oxygen atoms in total. The van der Waals surface area contributed by atoms with Gasteiger partial charge in [0, 0.05) is 18.2 Å². The fourth-order valence-electron chi connectivity index (χ4n) is 3.38. The van der Waals surface area contributed by atoms with Crippen LogP contribution in [0.25, 0.3) is 0 Å². The van der Waals surface area contributed by atoms with Crippen LogP contribution in [0.4, 0.5) is 5.82 Å². The summed E-state index contributed by atoms with van der Waals surface area (Å²) in [5.74, 6) is 0.999. The lowest BCUT2D eigenvalue weighted by Crippen LogP contribution is -2.36. The zero-order chi connectivity index (χ0) is 17.2. The molecule has 0 radical (unpaired) electrons. The lowest BCUT2D eigenvalue weighted by atomic mass is 9.95. The highest BCUT2D eigenvalue weighted by atomic mass is 32.2. The number of hydrogen-bond acceptors (Lipinski definition) is 6. The third-order valence-corrected chi connectivity index (χ3v) is 6.36. The number of carbonyl (C=O) groups is 1. The second kappa shape index (κ2) is 7.04. The summed E-state index contributed by atoms with van der Waals surface area (Å²) in [5, 5.41) is 6.17. The van der Waals surface area contributed by atoms with E-state index in [1.165, 1.54) is 19.3 Å². The Hall–Kier alpha value is -1.70. The van der Waals surface area contributed by atoms with Crippen molar-refractivity contribution in [3.63, 3.8) is 0 Å². The Morgan fingerprint density at radius 1 is 1.12 bits per heavy atom. The molecule has 1 aromatic rings. The van der Waals surface area contributed by atoms with Crippen molar-refractivity contribution in [2.45, 2.75) is 57.5 Å². The Kier molecular flexibility index (Phi) is 5.03. The molecule has 132 valence electrons. The van der Waals surface area contributed by atoms with Crippen molar-refractivity contribution in [1.29, 1.82) is 0 Å². The average Bonchev–Trinajstić information content (AvgIpc) is 2.86. The quantitative estimate of drug-likeness (QED) is 0.850. The molecule has 3 rings (SSSR count). The van der Waals surface area contributed by atoms with E-state index >= 15 is 0 Å². The number of amides is 1. The number of anilines is 1. The predicted octanol–water partition coefficient (Wildman–Crippen LogP) is 1.45. The molecular formula is C16H24N4O3S. The highest BCUT2D eigenvalue weighted by Crippen LogP contribution is 2.21. The van der Waals surface area contributed by atoms with Gasteiger partial charge in [-0.15, -0.1) is 0 Å². The molecule has 1 unspecified atom stereocenters. The van der Waals surface area contributed by atoms with Crippen LogP contribution in [0.3, 0.4) is 0 Å². The van der Waals surface area contributed by atoms with E-state index < -0.39 is 9.84 Å². The molecule has 1 aliphatic heterocycles. The molecule has 1 atom stereocenters. The Morgan fingerprint density at radius 2 is 1.88 bits per heavy atom. The van der Waals surface area contributed by atoms with Gasteiger partial charge < -0.3 is 10.6 Å². The normalized spacial score (nSPS) is 23.8. The molecule has 8 heteroatoms. The third kappa shape index (κ3) is 4.43. The predicted molar refractivity (Wildman–Crippen MR) is 91.8 cm³/mol. The number of aryl methyl sites for hydroxylation is 1. The molecular weight excluding hydrogens is 328 g/mol. The molecule has 1 aliphatic carbocycles. The molecule has 2 fully saturated rings. The van der Waals surface area contributed by atoms with Gasteiger partial charge in [-0.05, 0) is 26.2 Å². The van der Waals surface area contributed by atoms with E-state index in [0.29, 0.717) is 24.1 Å². The fourth-order valence-corrected chi connectivity index (χ4v) is 5.06. The second-order valence-electron chi connectivity index (χ2n) is 6.74. The summed E-state index contributed by atoms with van der Waals surface area (Å²) < 4.78 is 23.0. The summed E-state index contributed by atoms with van der Waals surface area (Å²) in [6, 6.07) is 1.72. The summed E-state index contributed by atoms with van der Waals surface area (Å²) in [7, 11) is -3.02. The molecule has 2 aliphatic rings. The maximum absolute atomic E-state index is 12.4. The molecule has 1 saturated heterocycles. The number of aromatic nitrogens is 2. The molecule has 0 spiro atoms. The van der Waals surface area contributed by atoms with E-state index in [9.17, 15) is 13.2 Å². The highest BCUT2D eigenvalue weighted by molar-refractivity contribution is 7.91. The minimum Gasteiger partial charge on any atom is -0.367 e. The Labute approximate surface area is 142 Å². The molecule has 2 heterocycles. The molecule has 0 aromatic carbocycles. The van der Waals surface area contributed by atoms with Crippen LogP contribution in [-0.4, -0.2) is 47.9 Å². The van der Waals surface area contributed by atoms with Crippen LogP contribution in [0.2, 0.25) is 0 Å². The van der Waals surface area contributed by atoms with Gasteiger partial charge >= 0.3 is 0 Å². The zero-order valence-corrected chi connectivity index (χ0v) is 14.7. The fraction of sp³-hybridized carbons (Fsp3) is 0.688. The van der Waals surface area contributed by atoms with Crippen molar-refractivity contribution >= 4 is 21.6 Å². The van der Waals surface area contributed by atoms with Crippen molar-refractivity contribution in [2.75, 3.05) is 16.8 Å². The Balaban J connectivity index is 1.67. The van der Waals surface area contributed by atoms with Gasteiger partial charge in [0.15, 0.2) is 9.84 Å². The van der Waals surface area contributed by atoms with Gasteiger partial charge in [0.2, 0.25) is 0 Å². The topological polar surface area (TPSA) is 101 Å². The van der Waals surface area contributed by atoms with Crippen molar-refractivity contribution in [2.24, 2.45) is 0 Å². The number of hydrogen-bond donors (Lipinski definition) is 2. The third-order valence-electron chi connectivity index (χ3n) is 4.60. The van der Waals surface area contributed by atoms with Crippen LogP contribution in [0, 0.1) is 6.92 Å². The highest BCUT2D eigenvalue weighted by Gasteiger charge is 2.29. The summed E-state index contributed by atoms with van der Waals surface area (Å²) in [6.45, 7) is 1.75. The summed E-state index contributed by atoms with van der Waals surface area (Å²) in [5.41, 5.74) is 0.283. The maximum atomic E-state index is 12.4. The first-order valence-corrected chi connectivity index (χ1v) is 10.4. The van der Waals surface area contributed by atoms with Crippen molar-refractivity contribution < 1.29 is 13.2 Å². The summed E-state index contributed by atoms with van der Waals surface area (Å²) >= 11 is 0. The molecule has 0 bridgehead atoms. The summed E-state index contributed by atoms with van der Waals surface area (Å²) in [6.07, 6.45) is 6.40. The first-order chi connectivity index (χ1) is 11.4. The van der Waals surface area contributed by atoms with E-state index in [0.717, 1.165) is 12.8 Å². The van der Waals surface area contributed by atoms with Gasteiger partial charge in [0.05, 0.1) is 11.5 Å². The maximum Gasteiger partial charge on any atom is 0.270 e. The van der Waals surface area contributed by atoms with Crippen LogP contribution in [0.15, 0.2) is 6.07 Å². The SMILES string of the molecule is Cc1nc(NC2CCCCC2)cc(C(=O)NC2CCS(=O)(=O)C2)n1. The van der Waals surface area contributed by atoms with Gasteiger partial charge in [-0.25, -0.2) is 18.4 Å². The van der Waals surface area contributed by atoms with Gasteiger partial charge in [-0.2, -0.15) is 0 Å². The van der Waals surface area contributed by atoms with Crippen LogP contribution < -0.4 is 10.6 Å². The molecule has 24 heavy (non-hydrogen) atoms. The van der Waals surface area contributed by atoms with E-state index in [2.05, 4.69) is 20.6 Å². The van der Waals surface area contributed by atoms with Crippen LogP contribution >= 0.6 is 0 Å². The number of sulfone groups is 1. The van der Waals surface area contributed by atoms with Crippen molar-refractivity contribution in [3.8, 4) is 0 Å². The number of nitrogens with one attached hydrogen (secondary N) is 2. The molecule has 1 aromatic heterocycles. The smallest absolute Gasteiger partial charge is 0.270 e. The minimum absolute atomic E-state index is 0.00991. The number of rotatable bonds is 4. The standard InChI is InChI=1S/C16H24N4O3S/c1-11-17-14(16(21)20-13-7-8-24(22,23)10-13)9-15(18-11)19-12-5-3-2-4-6-12/h9,12-13H,2-8,10H2,1H3,(H,20,21)(H,17,18,19). The van der Waals surface area contributed by atoms with Gasteiger partial charge in [-0.1, -0.05) is 19.3 Å². The first kappa shape index (κ1) is 17.1. The zero-order valence-electron chi connectivity index (χ0n) is 13.9. The van der Waals surface area contributed by atoms with Crippen molar-refractivity contribution in [3.05, 3.63) is 17.6 Å². The van der Waals surface area contributed by atoms with Crippen molar-refractivity contribution in [1.82, 2.24) is 15.3 Å². The van der Waals surface area contributed by atoms with Crippen LogP contribution in [0.1, 0.15) is 54.8 Å². The largest absolute Gasteiger partial charge is 0.367 e. The van der Waals surface area contributed by atoms with E-state index in [-0.39, 0.29) is 29.1 Å². The first-order valence-electron chi connectivity index (χ1n) is 8.55. The lowest BCUT2D eigenvalue weighted by Gasteiger charge is -2.23. The number of carbonyl (C=O) groups excluding carboxylic acids is 1. The van der Waals surface area contributed by atoms with E-state index in [1.807, 2.05) is 0 Å². The minimum atomic E-state index is -3.02. The summed E-state index contributed by atoms with van der Waals surface area (Å²) in [4.78, 5) is 20.9. The number of nitrogens with zero attached hydrogens (tertiary/aromatic N) is 2. The Bertz CT molecular complexity index is 714. The second-order valence-corrected chi connectivity index (χ2v) is 8.97. The lowest BCUT2D eigenvalue weighted by molar-refractivity contribution is 0.0935. The average molecular weight is 352 g/mol. The van der Waals surface area contributed by atoms with Gasteiger partial charge in [-0.3, -0.25) is 4.79 Å². The monoisotopic (exact) mass is 352 g/mol. The molecule has 1 saturated carbocycles. The van der Waals surface area contributed by atoms with Crippen LogP contribution in [0.5, 0.6) is 0 Å². The van der Waals surface area contributed by atoms with Crippen LogP contribution in [-0.2, 0) is 9.84 Å². The Morgan fingerprint density at radius 3 is 2.54 bits per heavy atom. The molecule has 2 N–H and O–H groups in total. The van der Waals surface area contributed by atoms with Gasteiger partial charge in [0.25, 0.3) is 5.91 Å². The van der Waals surface area contributed by atoms with E-state index in [1.54, 1.807) is 13.0 Å². The molecule has 1 amide bonds.